The van der Waals surface area contributed by atoms with Gasteiger partial charge in [-0.2, -0.15) is 0 Å². The van der Waals surface area contributed by atoms with Crippen LogP contribution in [-0.4, -0.2) is 0 Å². The molecule has 0 aromatic heterocycles. The van der Waals surface area contributed by atoms with Crippen LogP contribution in [0.4, 0.5) is 0 Å². The number of hydrogen-bond donors (Lipinski definition) is 0. The van der Waals surface area contributed by atoms with Crippen LogP contribution in [0.3, 0.4) is 0 Å². The Hall–Kier alpha value is 0.438. The van der Waals surface area contributed by atoms with Crippen molar-refractivity contribution in [2.24, 2.45) is 0 Å². The second kappa shape index (κ2) is 4.44. The minimum absolute atomic E-state index is 0. The average Bonchev–Trinajstić information content (AvgIpc) is 0.811. The molecule has 0 saturated heterocycles. The first-order chi connectivity index (χ1) is 1.73. The van der Waals surface area contributed by atoms with Crippen LogP contribution in [0.5, 0.6) is 0 Å². The van der Waals surface area contributed by atoms with Crippen molar-refractivity contribution in [3.8, 4) is 0 Å². The molecular formula is HO3SW-. The van der Waals surface area contributed by atoms with Crippen LogP contribution in [0.1, 0.15) is 0 Å². The van der Waals surface area contributed by atoms with Crippen molar-refractivity contribution in [1.29, 1.82) is 0 Å². The zero-order chi connectivity index (χ0) is 3.58. The van der Waals surface area contributed by atoms with E-state index in [4.69, 9.17) is 10.2 Å². The van der Waals surface area contributed by atoms with Crippen molar-refractivity contribution in [2.45, 2.75) is 0 Å². The fraction of sp³-hybridized carbons (Fsp3) is 0. The van der Waals surface area contributed by atoms with Gasteiger partial charge in [-0.3, -0.25) is 0 Å². The summed E-state index contributed by atoms with van der Waals surface area (Å²) < 4.78 is 25.8. The molecule has 0 aliphatic carbocycles. The molecule has 0 rings (SSSR count). The van der Waals surface area contributed by atoms with Crippen molar-refractivity contribution in [3.05, 3.63) is 0 Å². The normalized spacial score (nSPS) is 4.80. The van der Waals surface area contributed by atoms with Crippen LogP contribution in [0, 0.1) is 0 Å². The zero-order valence-corrected chi connectivity index (χ0v) is 5.91. The summed E-state index contributed by atoms with van der Waals surface area (Å²) in [6.45, 7) is 0. The molecule has 0 heterocycles. The molecule has 0 aromatic carbocycles. The van der Waals surface area contributed by atoms with Gasteiger partial charge in [0.2, 0.25) is 0 Å². The zero-order valence-electron chi connectivity index (χ0n) is 2.08. The first-order valence-corrected chi connectivity index (χ1v) is 4.09. The Morgan fingerprint density at radius 3 is 1.00 bits per heavy atom. The predicted molar refractivity (Wildman–Crippen MR) is 10.8 cm³/mol. The van der Waals surface area contributed by atoms with Crippen molar-refractivity contribution < 1.29 is 27.4 Å². The van der Waals surface area contributed by atoms with E-state index in [1.807, 2.05) is 0 Å². The van der Waals surface area contributed by atoms with Gasteiger partial charge in [-0.05, 0) is 0 Å². The van der Waals surface area contributed by atoms with Crippen LogP contribution < -0.4 is 0 Å². The Bertz CT molecular complexity index is 76.3. The molecule has 0 spiro atoms. The molecule has 0 bridgehead atoms. The van der Waals surface area contributed by atoms with E-state index >= 15 is 0 Å². The molecule has 0 unspecified atom stereocenters. The molecule has 0 aromatic rings. The van der Waals surface area contributed by atoms with Crippen LogP contribution >= 0.6 is 0 Å². The van der Waals surface area contributed by atoms with Gasteiger partial charge < -0.3 is 13.5 Å². The summed E-state index contributed by atoms with van der Waals surface area (Å²) in [6, 6.07) is 0. The first-order valence-electron chi connectivity index (χ1n) is 0.500. The molecule has 5 heavy (non-hydrogen) atoms. The summed E-state index contributed by atoms with van der Waals surface area (Å²) >= 11 is -4.28. The van der Waals surface area contributed by atoms with E-state index in [1.54, 1.807) is 0 Å². The van der Waals surface area contributed by atoms with E-state index in [0.29, 0.717) is 0 Å². The number of hydrogen-bond acceptors (Lipinski definition) is 4. The van der Waals surface area contributed by atoms with E-state index in [-0.39, 0.29) is 13.5 Å². The van der Waals surface area contributed by atoms with Crippen molar-refractivity contribution in [3.63, 3.8) is 0 Å². The van der Waals surface area contributed by atoms with Gasteiger partial charge in [-0.25, -0.2) is 0 Å². The third-order valence-corrected chi connectivity index (χ3v) is 0. The third kappa shape index (κ3) is 137. The molecule has 0 amide bonds. The Morgan fingerprint density at radius 1 is 1.00 bits per heavy atom. The van der Waals surface area contributed by atoms with Crippen LogP contribution in [0.2, 0.25) is 0 Å². The minimum Gasteiger partial charge on any atom is -0.813 e. The third-order valence-electron chi connectivity index (χ3n) is 0. The Kier molecular flexibility index (Phi) is 8.04. The van der Waals surface area contributed by atoms with Gasteiger partial charge in [-0.1, -0.05) is 0 Å². The number of thiol groups is 1. The smallest absolute Gasteiger partial charge is 0.813 e. The maximum absolute atomic E-state index is 8.61. The van der Waals surface area contributed by atoms with Gasteiger partial charge in [0.1, 0.15) is 0 Å². The van der Waals surface area contributed by atoms with E-state index in [9.17, 15) is 0 Å². The van der Waals surface area contributed by atoms with Crippen LogP contribution in [0.25, 0.3) is 0 Å². The summed E-state index contributed by atoms with van der Waals surface area (Å²) in [5, 5.41) is 0. The van der Waals surface area contributed by atoms with Crippen LogP contribution in [-0.2, 0) is 40.9 Å². The summed E-state index contributed by atoms with van der Waals surface area (Å²) in [5.41, 5.74) is 0. The van der Waals surface area contributed by atoms with Crippen molar-refractivity contribution in [1.82, 2.24) is 0 Å². The van der Waals surface area contributed by atoms with Gasteiger partial charge in [0.05, 0.1) is 0 Å². The summed E-state index contributed by atoms with van der Waals surface area (Å²) in [6.07, 6.45) is 0. The summed E-state index contributed by atoms with van der Waals surface area (Å²) in [5.74, 6) is 0. The van der Waals surface area contributed by atoms with Gasteiger partial charge in [0, 0.05) is 0 Å². The SMILES string of the molecule is [O]=[W](=[O])=[O].[SH-]. The Labute approximate surface area is 41.3 Å². The molecule has 0 radical (unpaired) electrons. The maximum Gasteiger partial charge on any atom is -0.813 e. The van der Waals surface area contributed by atoms with Crippen molar-refractivity contribution >= 4 is 13.5 Å². The fourth-order valence-corrected chi connectivity index (χ4v) is 0. The minimum atomic E-state index is -4.28. The molecule has 32 valence electrons. The molecule has 0 aliphatic rings. The van der Waals surface area contributed by atoms with Gasteiger partial charge in [-0.15, -0.1) is 0 Å². The molecule has 0 saturated carbocycles. The molecule has 0 atom stereocenters. The summed E-state index contributed by atoms with van der Waals surface area (Å²) in [4.78, 5) is 0. The van der Waals surface area contributed by atoms with Crippen molar-refractivity contribution in [2.75, 3.05) is 0 Å². The molecule has 0 aliphatic heterocycles. The van der Waals surface area contributed by atoms with E-state index in [0.717, 1.165) is 0 Å². The Morgan fingerprint density at radius 2 is 1.00 bits per heavy atom. The molecule has 5 heteroatoms. The Balaban J connectivity index is 0. The fourth-order valence-electron chi connectivity index (χ4n) is 0. The standard InChI is InChI=1S/3O.H2S.W/h;;;1H2;/p-1. The molecule has 3 nitrogen and oxygen atoms in total. The summed E-state index contributed by atoms with van der Waals surface area (Å²) in [7, 11) is 0. The maximum atomic E-state index is 8.61. The van der Waals surface area contributed by atoms with Gasteiger partial charge >= 0.3 is 27.4 Å². The topological polar surface area (TPSA) is 51.2 Å². The second-order valence-corrected chi connectivity index (χ2v) is 1.67. The van der Waals surface area contributed by atoms with Gasteiger partial charge in [0.15, 0.2) is 0 Å². The van der Waals surface area contributed by atoms with E-state index < -0.39 is 17.2 Å². The van der Waals surface area contributed by atoms with E-state index in [1.165, 1.54) is 0 Å². The second-order valence-electron chi connectivity index (χ2n) is 0.204. The molecule has 0 fully saturated rings. The predicted octanol–water partition coefficient (Wildman–Crippen LogP) is -0.629. The monoisotopic (exact) mass is 265 g/mol. The largest absolute Gasteiger partial charge is 0.813 e. The number of rotatable bonds is 0. The molecule has 0 N–H and O–H groups in total. The quantitative estimate of drug-likeness (QED) is 0.432. The van der Waals surface area contributed by atoms with Crippen LogP contribution in [0.15, 0.2) is 0 Å². The average molecular weight is 265 g/mol. The first kappa shape index (κ1) is 9.06. The molecular weight excluding hydrogens is 264 g/mol. The van der Waals surface area contributed by atoms with Gasteiger partial charge in [0.25, 0.3) is 0 Å². The van der Waals surface area contributed by atoms with E-state index in [2.05, 4.69) is 0 Å².